The first-order valence-corrected chi connectivity index (χ1v) is 13.9. The topological polar surface area (TPSA) is 48.4 Å². The lowest BCUT2D eigenvalue weighted by Crippen LogP contribution is -2.19. The second kappa shape index (κ2) is 11.7. The van der Waals surface area contributed by atoms with Crippen molar-refractivity contribution in [3.63, 3.8) is 0 Å². The summed E-state index contributed by atoms with van der Waals surface area (Å²) in [5, 5.41) is 0. The number of aromatic nitrogens is 1. The molecule has 176 valence electrons. The second-order valence-electron chi connectivity index (χ2n) is 7.12. The lowest BCUT2D eigenvalue weighted by atomic mass is 10.1. The van der Waals surface area contributed by atoms with Crippen molar-refractivity contribution >= 4 is 35.3 Å². The fraction of sp³-hybridized carbons (Fsp3) is 0.292. The molecule has 4 nitrogen and oxygen atoms in total. The van der Waals surface area contributed by atoms with Crippen LogP contribution in [0.3, 0.4) is 0 Å². The van der Waals surface area contributed by atoms with Crippen LogP contribution in [-0.4, -0.2) is 18.2 Å². The molecule has 1 heterocycles. The van der Waals surface area contributed by atoms with Crippen LogP contribution >= 0.6 is 35.3 Å². The van der Waals surface area contributed by atoms with Crippen molar-refractivity contribution in [1.29, 1.82) is 0 Å². The van der Waals surface area contributed by atoms with Crippen molar-refractivity contribution in [1.82, 2.24) is 4.98 Å². The molecule has 2 aromatic carbocycles. The molecule has 0 fully saturated rings. The molecule has 3 aromatic rings. The summed E-state index contributed by atoms with van der Waals surface area (Å²) in [5.41, 5.74) is 0.0441. The second-order valence-corrected chi connectivity index (χ2v) is 11.0. The third-order valence-electron chi connectivity index (χ3n) is 4.79. The number of benzene rings is 2. The van der Waals surface area contributed by atoms with Gasteiger partial charge in [0.25, 0.3) is 0 Å². The number of nitrogens with zero attached hydrogens (tertiary/aromatic N) is 1. The highest BCUT2D eigenvalue weighted by molar-refractivity contribution is 9.10. The monoisotopic (exact) mass is 555 g/mol. The minimum absolute atomic E-state index is 0.136. The van der Waals surface area contributed by atoms with Crippen molar-refractivity contribution in [2.45, 2.75) is 31.0 Å². The van der Waals surface area contributed by atoms with Gasteiger partial charge < -0.3 is 9.05 Å². The Hall–Kier alpha value is -1.57. The lowest BCUT2D eigenvalue weighted by molar-refractivity contribution is 0.0354. The highest BCUT2D eigenvalue weighted by Gasteiger charge is 2.55. The Morgan fingerprint density at radius 3 is 2.18 bits per heavy atom. The molecule has 0 aliphatic carbocycles. The van der Waals surface area contributed by atoms with Crippen LogP contribution in [0.15, 0.2) is 71.5 Å². The van der Waals surface area contributed by atoms with Gasteiger partial charge >= 0.3 is 13.3 Å². The van der Waals surface area contributed by atoms with E-state index in [1.165, 1.54) is 25.5 Å². The molecule has 0 amide bonds. The van der Waals surface area contributed by atoms with Gasteiger partial charge in [0.1, 0.15) is 0 Å². The van der Waals surface area contributed by atoms with E-state index in [4.69, 9.17) is 9.05 Å². The van der Waals surface area contributed by atoms with Gasteiger partial charge in [-0.3, -0.25) is 9.55 Å². The maximum absolute atomic E-state index is 15.0. The molecule has 1 aromatic heterocycles. The number of halogens is 3. The van der Waals surface area contributed by atoms with Gasteiger partial charge in [-0.15, -0.1) is 0 Å². The number of hydrogen-bond acceptors (Lipinski definition) is 5. The smallest absolute Gasteiger partial charge is 0.304 e. The van der Waals surface area contributed by atoms with E-state index in [9.17, 15) is 4.57 Å². The van der Waals surface area contributed by atoms with Gasteiger partial charge in [0.05, 0.1) is 13.2 Å². The molecule has 0 saturated heterocycles. The predicted octanol–water partition coefficient (Wildman–Crippen LogP) is 8.26. The van der Waals surface area contributed by atoms with E-state index < -0.39 is 18.8 Å². The zero-order chi connectivity index (χ0) is 23.9. The Kier molecular flexibility index (Phi) is 9.25. The summed E-state index contributed by atoms with van der Waals surface area (Å²) in [4.78, 5) is 4.14. The first kappa shape index (κ1) is 26.0. The van der Waals surface area contributed by atoms with Gasteiger partial charge in [-0.1, -0.05) is 58.4 Å². The van der Waals surface area contributed by atoms with Crippen LogP contribution in [0.5, 0.6) is 0 Å². The zero-order valence-corrected chi connectivity index (χ0v) is 21.6. The summed E-state index contributed by atoms with van der Waals surface area (Å²) in [6.07, 6.45) is 3.58. The summed E-state index contributed by atoms with van der Waals surface area (Å²) in [5.74, 6) is 1.43. The van der Waals surface area contributed by atoms with Gasteiger partial charge in [-0.2, -0.15) is 20.5 Å². The highest BCUT2D eigenvalue weighted by Crippen LogP contribution is 2.67. The first-order valence-electron chi connectivity index (χ1n) is 10.4. The van der Waals surface area contributed by atoms with E-state index in [0.29, 0.717) is 5.75 Å². The Morgan fingerprint density at radius 1 is 0.970 bits per heavy atom. The summed E-state index contributed by atoms with van der Waals surface area (Å²) in [6.45, 7) is 2.73. The molecule has 0 unspecified atom stereocenters. The van der Waals surface area contributed by atoms with Crippen molar-refractivity contribution in [3.05, 3.63) is 88.2 Å². The van der Waals surface area contributed by atoms with E-state index in [1.807, 2.05) is 18.3 Å². The van der Waals surface area contributed by atoms with Crippen molar-refractivity contribution in [3.8, 4) is 11.1 Å². The normalized spacial score (nSPS) is 12.2. The van der Waals surface area contributed by atoms with Gasteiger partial charge in [0, 0.05) is 33.9 Å². The van der Waals surface area contributed by atoms with E-state index >= 15 is 8.78 Å². The van der Waals surface area contributed by atoms with Crippen LogP contribution in [0.25, 0.3) is 11.1 Å². The Morgan fingerprint density at radius 2 is 1.61 bits per heavy atom. The number of alkyl halides is 2. The average Bonchev–Trinajstić information content (AvgIpc) is 2.80. The molecule has 0 aliphatic heterocycles. The van der Waals surface area contributed by atoms with Crippen LogP contribution in [-0.2, 0) is 30.8 Å². The van der Waals surface area contributed by atoms with Gasteiger partial charge in [0.2, 0.25) is 0 Å². The van der Waals surface area contributed by atoms with E-state index in [-0.39, 0.29) is 17.7 Å². The van der Waals surface area contributed by atoms with Crippen LogP contribution in [0.1, 0.15) is 30.5 Å². The van der Waals surface area contributed by atoms with Gasteiger partial charge in [-0.25, -0.2) is 0 Å². The van der Waals surface area contributed by atoms with Gasteiger partial charge in [-0.05, 0) is 48.2 Å². The quantitative estimate of drug-likeness (QED) is 0.223. The Balaban J connectivity index is 1.64. The molecule has 0 bridgehead atoms. The Labute approximate surface area is 205 Å². The third-order valence-corrected chi connectivity index (χ3v) is 8.64. The Bertz CT molecular complexity index is 1090. The van der Waals surface area contributed by atoms with Crippen molar-refractivity contribution < 1.29 is 22.4 Å². The predicted molar refractivity (Wildman–Crippen MR) is 134 cm³/mol. The van der Waals surface area contributed by atoms with E-state index in [2.05, 4.69) is 45.2 Å². The SMILES string of the molecule is CCOP(=O)(OCC)C(F)(F)c1ccc(CSCc2ccc(-c3cccnc3)cc2)cc1Br. The molecule has 0 atom stereocenters. The number of hydrogen-bond donors (Lipinski definition) is 0. The van der Waals surface area contributed by atoms with E-state index in [0.717, 1.165) is 22.4 Å². The number of pyridine rings is 1. The summed E-state index contributed by atoms with van der Waals surface area (Å²) in [7, 11) is -4.65. The zero-order valence-electron chi connectivity index (χ0n) is 18.3. The molecule has 33 heavy (non-hydrogen) atoms. The standard InChI is InChI=1S/C24H25BrF2NO3PS/c1-3-30-32(29,31-4-2)24(26,27)22-12-9-19(14-23(22)25)17-33-16-18-7-10-20(11-8-18)21-6-5-13-28-15-21/h5-15H,3-4,16-17H2,1-2H3. The van der Waals surface area contributed by atoms with Crippen LogP contribution in [0.2, 0.25) is 0 Å². The molecule has 0 spiro atoms. The maximum atomic E-state index is 15.0. The first-order chi connectivity index (χ1) is 15.8. The molecule has 0 saturated carbocycles. The molecule has 0 aliphatic rings. The minimum Gasteiger partial charge on any atom is -0.304 e. The lowest BCUT2D eigenvalue weighted by Gasteiger charge is -2.26. The molecular formula is C24H25BrF2NO3PS. The molecule has 0 radical (unpaired) electrons. The molecule has 9 heteroatoms. The number of rotatable bonds is 11. The summed E-state index contributed by atoms with van der Waals surface area (Å²) < 4.78 is 52.7. The third kappa shape index (κ3) is 6.31. The number of thioether (sulfide) groups is 1. The fourth-order valence-electron chi connectivity index (χ4n) is 3.19. The maximum Gasteiger partial charge on any atom is 0.404 e. The average molecular weight is 556 g/mol. The van der Waals surface area contributed by atoms with Crippen LogP contribution in [0, 0.1) is 0 Å². The summed E-state index contributed by atoms with van der Waals surface area (Å²) >= 11 is 4.90. The summed E-state index contributed by atoms with van der Waals surface area (Å²) in [6, 6.07) is 16.7. The minimum atomic E-state index is -4.65. The van der Waals surface area contributed by atoms with Crippen LogP contribution < -0.4 is 0 Å². The molecule has 3 rings (SSSR count). The fourth-order valence-corrected chi connectivity index (χ4v) is 6.54. The molecule has 0 N–H and O–H groups in total. The molecular weight excluding hydrogens is 531 g/mol. The largest absolute Gasteiger partial charge is 0.404 e. The van der Waals surface area contributed by atoms with Gasteiger partial charge in [0.15, 0.2) is 0 Å². The van der Waals surface area contributed by atoms with Crippen molar-refractivity contribution in [2.24, 2.45) is 0 Å². The highest BCUT2D eigenvalue weighted by atomic mass is 79.9. The van der Waals surface area contributed by atoms with E-state index in [1.54, 1.807) is 30.1 Å². The van der Waals surface area contributed by atoms with Crippen LogP contribution in [0.4, 0.5) is 8.78 Å². The van der Waals surface area contributed by atoms with Crippen molar-refractivity contribution in [2.75, 3.05) is 13.2 Å².